The quantitative estimate of drug-likeness (QED) is 0.792. The van der Waals surface area contributed by atoms with Gasteiger partial charge in [0.05, 0.1) is 0 Å². The highest BCUT2D eigenvalue weighted by atomic mass is 15.1. The van der Waals surface area contributed by atoms with Gasteiger partial charge in [-0.25, -0.2) is 0 Å². The Balaban J connectivity index is 1.65. The van der Waals surface area contributed by atoms with Crippen LogP contribution < -0.4 is 5.32 Å². The normalized spacial score (nSPS) is 32.1. The molecule has 1 N–H and O–H groups in total. The summed E-state index contributed by atoms with van der Waals surface area (Å²) in [4.78, 5) is 2.65. The molecule has 2 heteroatoms. The average molecular weight is 238 g/mol. The summed E-state index contributed by atoms with van der Waals surface area (Å²) >= 11 is 0. The van der Waals surface area contributed by atoms with Crippen molar-refractivity contribution in [3.63, 3.8) is 0 Å². The number of piperidine rings is 1. The average Bonchev–Trinajstić information content (AvgIpc) is 2.74. The molecule has 0 amide bonds. The minimum Gasteiger partial charge on any atom is -0.311 e. The van der Waals surface area contributed by atoms with Crippen LogP contribution in [0.25, 0.3) is 0 Å². The fourth-order valence-electron chi connectivity index (χ4n) is 3.40. The monoisotopic (exact) mass is 238 g/mol. The molecule has 1 saturated heterocycles. The molecular weight excluding hydrogens is 208 g/mol. The highest BCUT2D eigenvalue weighted by molar-refractivity contribution is 4.86. The molecule has 1 aliphatic carbocycles. The minimum atomic E-state index is 0.804. The van der Waals surface area contributed by atoms with Crippen molar-refractivity contribution in [3.05, 3.63) is 0 Å². The first-order valence-corrected chi connectivity index (χ1v) is 7.78. The highest BCUT2D eigenvalue weighted by Crippen LogP contribution is 2.26. The van der Waals surface area contributed by atoms with Gasteiger partial charge in [-0.15, -0.1) is 0 Å². The van der Waals surface area contributed by atoms with Gasteiger partial charge in [-0.05, 0) is 57.7 Å². The zero-order chi connectivity index (χ0) is 12.1. The lowest BCUT2D eigenvalue weighted by Gasteiger charge is -2.34. The van der Waals surface area contributed by atoms with E-state index >= 15 is 0 Å². The summed E-state index contributed by atoms with van der Waals surface area (Å²) in [5.41, 5.74) is 0. The molecule has 1 aliphatic heterocycles. The van der Waals surface area contributed by atoms with Crippen molar-refractivity contribution in [3.8, 4) is 0 Å². The van der Waals surface area contributed by atoms with Gasteiger partial charge in [0.15, 0.2) is 0 Å². The summed E-state index contributed by atoms with van der Waals surface area (Å²) in [6, 6.07) is 1.63. The molecule has 0 aromatic heterocycles. The second kappa shape index (κ2) is 6.75. The predicted octanol–water partition coefficient (Wildman–Crippen LogP) is 3.03. The van der Waals surface area contributed by atoms with E-state index in [0.717, 1.165) is 18.0 Å². The fraction of sp³-hybridized carbons (Fsp3) is 1.00. The second-order valence-electron chi connectivity index (χ2n) is 6.15. The van der Waals surface area contributed by atoms with Crippen molar-refractivity contribution >= 4 is 0 Å². The molecule has 0 aromatic rings. The Morgan fingerprint density at radius 2 is 1.88 bits per heavy atom. The molecule has 2 unspecified atom stereocenters. The van der Waals surface area contributed by atoms with Crippen molar-refractivity contribution < 1.29 is 0 Å². The summed E-state index contributed by atoms with van der Waals surface area (Å²) in [5.74, 6) is 0.910. The molecule has 1 heterocycles. The van der Waals surface area contributed by atoms with Crippen LogP contribution in [0.3, 0.4) is 0 Å². The SMILES string of the molecule is CCCCN1CCC(NC2CCCC2C)CC1. The lowest BCUT2D eigenvalue weighted by Crippen LogP contribution is -2.47. The van der Waals surface area contributed by atoms with Gasteiger partial charge in [0.2, 0.25) is 0 Å². The van der Waals surface area contributed by atoms with Gasteiger partial charge in [0, 0.05) is 12.1 Å². The number of hydrogen-bond acceptors (Lipinski definition) is 2. The van der Waals surface area contributed by atoms with E-state index in [4.69, 9.17) is 0 Å². The third kappa shape index (κ3) is 3.96. The van der Waals surface area contributed by atoms with Crippen LogP contribution in [0.5, 0.6) is 0 Å². The van der Waals surface area contributed by atoms with Crippen LogP contribution in [-0.4, -0.2) is 36.6 Å². The molecule has 1 saturated carbocycles. The zero-order valence-corrected chi connectivity index (χ0v) is 11.8. The maximum atomic E-state index is 3.92. The smallest absolute Gasteiger partial charge is 0.00953 e. The first-order chi connectivity index (χ1) is 8.29. The Bertz CT molecular complexity index is 209. The van der Waals surface area contributed by atoms with E-state index in [-0.39, 0.29) is 0 Å². The summed E-state index contributed by atoms with van der Waals surface area (Å²) in [7, 11) is 0. The van der Waals surface area contributed by atoms with E-state index in [9.17, 15) is 0 Å². The molecule has 2 rings (SSSR count). The van der Waals surface area contributed by atoms with E-state index in [1.54, 1.807) is 0 Å². The number of unbranched alkanes of at least 4 members (excludes halogenated alkanes) is 1. The van der Waals surface area contributed by atoms with Gasteiger partial charge in [0.25, 0.3) is 0 Å². The van der Waals surface area contributed by atoms with Crippen LogP contribution in [-0.2, 0) is 0 Å². The number of hydrogen-bond donors (Lipinski definition) is 1. The number of rotatable bonds is 5. The van der Waals surface area contributed by atoms with Crippen molar-refractivity contribution in [2.75, 3.05) is 19.6 Å². The van der Waals surface area contributed by atoms with Gasteiger partial charge >= 0.3 is 0 Å². The first kappa shape index (κ1) is 13.4. The van der Waals surface area contributed by atoms with Gasteiger partial charge in [-0.3, -0.25) is 0 Å². The van der Waals surface area contributed by atoms with Crippen LogP contribution in [0.15, 0.2) is 0 Å². The van der Waals surface area contributed by atoms with E-state index in [1.807, 2.05) is 0 Å². The van der Waals surface area contributed by atoms with Crippen LogP contribution in [0, 0.1) is 5.92 Å². The first-order valence-electron chi connectivity index (χ1n) is 7.78. The Kier molecular flexibility index (Phi) is 5.30. The minimum absolute atomic E-state index is 0.804. The van der Waals surface area contributed by atoms with E-state index < -0.39 is 0 Å². The van der Waals surface area contributed by atoms with Crippen molar-refractivity contribution in [2.24, 2.45) is 5.92 Å². The third-order valence-corrected chi connectivity index (χ3v) is 4.73. The fourth-order valence-corrected chi connectivity index (χ4v) is 3.40. The Morgan fingerprint density at radius 3 is 2.47 bits per heavy atom. The highest BCUT2D eigenvalue weighted by Gasteiger charge is 2.27. The standard InChI is InChI=1S/C15H30N2/c1-3-4-10-17-11-8-14(9-12-17)16-15-7-5-6-13(15)2/h13-16H,3-12H2,1-2H3. The Hall–Kier alpha value is -0.0800. The van der Waals surface area contributed by atoms with Gasteiger partial charge in [0.1, 0.15) is 0 Å². The van der Waals surface area contributed by atoms with Crippen molar-refractivity contribution in [1.82, 2.24) is 10.2 Å². The molecule has 17 heavy (non-hydrogen) atoms. The molecule has 0 spiro atoms. The summed E-state index contributed by atoms with van der Waals surface area (Å²) in [6.45, 7) is 8.66. The molecular formula is C15H30N2. The Morgan fingerprint density at radius 1 is 1.12 bits per heavy atom. The summed E-state index contributed by atoms with van der Waals surface area (Å²) < 4.78 is 0. The maximum absolute atomic E-state index is 3.92. The van der Waals surface area contributed by atoms with Crippen LogP contribution in [0.1, 0.15) is 58.8 Å². The van der Waals surface area contributed by atoms with Crippen molar-refractivity contribution in [2.45, 2.75) is 70.9 Å². The molecule has 100 valence electrons. The lowest BCUT2D eigenvalue weighted by molar-refractivity contribution is 0.184. The largest absolute Gasteiger partial charge is 0.311 e. The van der Waals surface area contributed by atoms with Crippen molar-refractivity contribution in [1.29, 1.82) is 0 Å². The summed E-state index contributed by atoms with van der Waals surface area (Å²) in [6.07, 6.45) is 9.73. The Labute approximate surface area is 107 Å². The lowest BCUT2D eigenvalue weighted by atomic mass is 10.00. The van der Waals surface area contributed by atoms with E-state index in [1.165, 1.54) is 64.6 Å². The number of nitrogens with one attached hydrogen (secondary N) is 1. The third-order valence-electron chi connectivity index (χ3n) is 4.73. The van der Waals surface area contributed by atoms with Crippen LogP contribution in [0.4, 0.5) is 0 Å². The number of nitrogens with zero attached hydrogens (tertiary/aromatic N) is 1. The molecule has 2 atom stereocenters. The second-order valence-corrected chi connectivity index (χ2v) is 6.15. The molecule has 2 fully saturated rings. The predicted molar refractivity (Wildman–Crippen MR) is 74.3 cm³/mol. The summed E-state index contributed by atoms with van der Waals surface area (Å²) in [5, 5.41) is 3.92. The molecule has 2 aliphatic rings. The number of likely N-dealkylation sites (tertiary alicyclic amines) is 1. The maximum Gasteiger partial charge on any atom is 0.00953 e. The van der Waals surface area contributed by atoms with Gasteiger partial charge < -0.3 is 10.2 Å². The topological polar surface area (TPSA) is 15.3 Å². The molecule has 0 aromatic carbocycles. The van der Waals surface area contributed by atoms with Crippen LogP contribution in [0.2, 0.25) is 0 Å². The molecule has 0 radical (unpaired) electrons. The zero-order valence-electron chi connectivity index (χ0n) is 11.8. The van der Waals surface area contributed by atoms with E-state index in [2.05, 4.69) is 24.1 Å². The van der Waals surface area contributed by atoms with Gasteiger partial charge in [-0.2, -0.15) is 0 Å². The molecule has 2 nitrogen and oxygen atoms in total. The van der Waals surface area contributed by atoms with E-state index in [0.29, 0.717) is 0 Å². The van der Waals surface area contributed by atoms with Crippen LogP contribution >= 0.6 is 0 Å². The van der Waals surface area contributed by atoms with Gasteiger partial charge in [-0.1, -0.05) is 26.7 Å². The molecule has 0 bridgehead atoms.